The second-order valence-electron chi connectivity index (χ2n) is 14.1. The van der Waals surface area contributed by atoms with E-state index in [9.17, 15) is 0 Å². The maximum Gasteiger partial charge on any atom is 0.143 e. The van der Waals surface area contributed by atoms with E-state index in [1.165, 1.54) is 53.2 Å². The van der Waals surface area contributed by atoms with E-state index in [2.05, 4.69) is 193 Å². The number of fused-ring (bicyclic) bond motifs is 7. The van der Waals surface area contributed by atoms with Crippen molar-refractivity contribution in [3.63, 3.8) is 0 Å². The van der Waals surface area contributed by atoms with Gasteiger partial charge in [-0.2, -0.15) is 0 Å². The number of hydrogen-bond acceptors (Lipinski definition) is 3. The summed E-state index contributed by atoms with van der Waals surface area (Å²) in [5, 5.41) is 7.35. The first-order valence-corrected chi connectivity index (χ1v) is 19.5. The minimum atomic E-state index is 0.909. The number of thiophene rings is 1. The first-order chi connectivity index (χ1) is 27.3. The molecule has 55 heavy (non-hydrogen) atoms. The lowest BCUT2D eigenvalue weighted by molar-refractivity contribution is 0.670. The highest BCUT2D eigenvalue weighted by atomic mass is 32.1. The van der Waals surface area contributed by atoms with Gasteiger partial charge < -0.3 is 9.32 Å². The van der Waals surface area contributed by atoms with Crippen LogP contribution in [0.15, 0.2) is 205 Å². The molecule has 0 bridgehead atoms. The fourth-order valence-electron chi connectivity index (χ4n) is 8.27. The molecule has 9 aromatic carbocycles. The van der Waals surface area contributed by atoms with Crippen molar-refractivity contribution in [2.75, 3.05) is 4.90 Å². The lowest BCUT2D eigenvalue weighted by Crippen LogP contribution is -2.10. The summed E-state index contributed by atoms with van der Waals surface area (Å²) in [4.78, 5) is 2.42. The first-order valence-electron chi connectivity index (χ1n) is 18.7. The molecule has 0 atom stereocenters. The first kappa shape index (κ1) is 31.6. The smallest absolute Gasteiger partial charge is 0.143 e. The minimum Gasteiger partial charge on any atom is -0.455 e. The van der Waals surface area contributed by atoms with Crippen LogP contribution in [-0.4, -0.2) is 0 Å². The van der Waals surface area contributed by atoms with E-state index < -0.39 is 0 Å². The molecule has 0 radical (unpaired) electrons. The van der Waals surface area contributed by atoms with Crippen LogP contribution in [-0.2, 0) is 0 Å². The predicted octanol–water partition coefficient (Wildman–Crippen LogP) is 15.6. The quantitative estimate of drug-likeness (QED) is 0.170. The molecule has 2 aromatic heterocycles. The number of benzene rings is 9. The fourth-order valence-corrected chi connectivity index (χ4v) is 9.47. The molecular formula is C52H33NOS. The van der Waals surface area contributed by atoms with Crippen molar-refractivity contribution >= 4 is 81.3 Å². The van der Waals surface area contributed by atoms with Gasteiger partial charge in [-0.05, 0) is 87.1 Å². The van der Waals surface area contributed by atoms with E-state index in [4.69, 9.17) is 4.42 Å². The maximum atomic E-state index is 6.44. The van der Waals surface area contributed by atoms with Crippen LogP contribution in [0.3, 0.4) is 0 Å². The normalized spacial score (nSPS) is 11.6. The average molecular weight is 720 g/mol. The zero-order valence-corrected chi connectivity index (χ0v) is 30.6. The Labute approximate surface area is 322 Å². The Bertz CT molecular complexity index is 3220. The lowest BCUT2D eigenvalue weighted by Gasteiger charge is -2.27. The van der Waals surface area contributed by atoms with E-state index in [0.717, 1.165) is 50.1 Å². The highest BCUT2D eigenvalue weighted by Gasteiger charge is 2.20. The van der Waals surface area contributed by atoms with Gasteiger partial charge >= 0.3 is 0 Å². The molecule has 258 valence electrons. The van der Waals surface area contributed by atoms with Crippen molar-refractivity contribution in [1.29, 1.82) is 0 Å². The topological polar surface area (TPSA) is 16.4 Å². The van der Waals surface area contributed by atoms with Crippen molar-refractivity contribution in [2.24, 2.45) is 0 Å². The van der Waals surface area contributed by atoms with Crippen molar-refractivity contribution < 1.29 is 4.42 Å². The van der Waals surface area contributed by atoms with E-state index in [-0.39, 0.29) is 0 Å². The summed E-state index contributed by atoms with van der Waals surface area (Å²) >= 11 is 1.86. The van der Waals surface area contributed by atoms with Gasteiger partial charge in [-0.1, -0.05) is 152 Å². The van der Waals surface area contributed by atoms with E-state index in [1.807, 2.05) is 23.5 Å². The van der Waals surface area contributed by atoms with Gasteiger partial charge in [-0.3, -0.25) is 0 Å². The zero-order chi connectivity index (χ0) is 36.3. The molecule has 0 unspecified atom stereocenters. The van der Waals surface area contributed by atoms with E-state index in [0.29, 0.717) is 0 Å². The number of anilines is 3. The molecule has 0 saturated carbocycles. The standard InChI is InChI=1S/C52H33NOS/c1-2-18-41-34(12-1)13-9-21-42(41)38-16-7-14-36(32-38)37-15-8-17-40(33-37)53(48-25-11-24-47-45-20-4-6-27-50(45)55-52(47)48)39-30-28-35(29-31-39)43-22-10-23-46-44-19-3-5-26-49(44)54-51(43)46/h1-33H. The molecule has 2 heterocycles. The molecule has 0 amide bonds. The van der Waals surface area contributed by atoms with Crippen molar-refractivity contribution in [3.05, 3.63) is 200 Å². The second kappa shape index (κ2) is 12.9. The third kappa shape index (κ3) is 5.32. The number of rotatable bonds is 6. The Morgan fingerprint density at radius 1 is 0.382 bits per heavy atom. The number of nitrogens with zero attached hydrogens (tertiary/aromatic N) is 1. The van der Waals surface area contributed by atoms with Crippen LogP contribution in [0.25, 0.3) is 86.3 Å². The van der Waals surface area contributed by atoms with Gasteiger partial charge in [0.15, 0.2) is 0 Å². The highest BCUT2D eigenvalue weighted by molar-refractivity contribution is 7.26. The Balaban J connectivity index is 1.06. The maximum absolute atomic E-state index is 6.44. The molecule has 0 aliphatic carbocycles. The van der Waals surface area contributed by atoms with Crippen LogP contribution in [0.5, 0.6) is 0 Å². The summed E-state index contributed by atoms with van der Waals surface area (Å²) in [5.74, 6) is 0. The molecule has 0 fully saturated rings. The minimum absolute atomic E-state index is 0.909. The average Bonchev–Trinajstić information content (AvgIpc) is 3.83. The SMILES string of the molecule is c1cc(-c2cccc(N(c3ccc(-c4cccc5c4oc4ccccc45)cc3)c3cccc4c3sc3ccccc34)c2)cc(-c2cccc3ccccc23)c1. The van der Waals surface area contributed by atoms with Gasteiger partial charge in [0.05, 0.1) is 10.4 Å². The van der Waals surface area contributed by atoms with Gasteiger partial charge in [0, 0.05) is 43.2 Å². The predicted molar refractivity (Wildman–Crippen MR) is 235 cm³/mol. The van der Waals surface area contributed by atoms with Crippen LogP contribution < -0.4 is 4.90 Å². The van der Waals surface area contributed by atoms with Crippen LogP contribution >= 0.6 is 11.3 Å². The van der Waals surface area contributed by atoms with Crippen molar-refractivity contribution in [1.82, 2.24) is 0 Å². The molecule has 0 aliphatic heterocycles. The second-order valence-corrected chi connectivity index (χ2v) is 15.1. The lowest BCUT2D eigenvalue weighted by atomic mass is 9.95. The molecule has 0 N–H and O–H groups in total. The Hall–Kier alpha value is -6.94. The van der Waals surface area contributed by atoms with Crippen LogP contribution in [0.2, 0.25) is 0 Å². The summed E-state index contributed by atoms with van der Waals surface area (Å²) in [7, 11) is 0. The fraction of sp³-hybridized carbons (Fsp3) is 0. The number of furan rings is 1. The molecule has 11 rings (SSSR count). The molecule has 0 aliphatic rings. The molecule has 0 saturated heterocycles. The monoisotopic (exact) mass is 719 g/mol. The van der Waals surface area contributed by atoms with Crippen LogP contribution in [0.1, 0.15) is 0 Å². The Morgan fingerprint density at radius 2 is 1.02 bits per heavy atom. The van der Waals surface area contributed by atoms with Gasteiger partial charge in [0.25, 0.3) is 0 Å². The summed E-state index contributed by atoms with van der Waals surface area (Å²) < 4.78 is 8.99. The van der Waals surface area contributed by atoms with Gasteiger partial charge in [0.2, 0.25) is 0 Å². The summed E-state index contributed by atoms with van der Waals surface area (Å²) in [5.41, 5.74) is 12.2. The highest BCUT2D eigenvalue weighted by Crippen LogP contribution is 2.46. The molecule has 2 nitrogen and oxygen atoms in total. The third-order valence-electron chi connectivity index (χ3n) is 10.9. The summed E-state index contributed by atoms with van der Waals surface area (Å²) in [6.07, 6.45) is 0. The Morgan fingerprint density at radius 3 is 1.93 bits per heavy atom. The molecule has 3 heteroatoms. The van der Waals surface area contributed by atoms with Crippen molar-refractivity contribution in [3.8, 4) is 33.4 Å². The van der Waals surface area contributed by atoms with Crippen molar-refractivity contribution in [2.45, 2.75) is 0 Å². The number of para-hydroxylation sites is 2. The molecular weight excluding hydrogens is 687 g/mol. The van der Waals surface area contributed by atoms with Gasteiger partial charge in [0.1, 0.15) is 11.2 Å². The van der Waals surface area contributed by atoms with Crippen LogP contribution in [0, 0.1) is 0 Å². The zero-order valence-electron chi connectivity index (χ0n) is 29.8. The largest absolute Gasteiger partial charge is 0.455 e. The van der Waals surface area contributed by atoms with Gasteiger partial charge in [-0.15, -0.1) is 11.3 Å². The Kier molecular flexibility index (Phi) is 7.39. The van der Waals surface area contributed by atoms with E-state index >= 15 is 0 Å². The van der Waals surface area contributed by atoms with E-state index in [1.54, 1.807) is 0 Å². The number of hydrogen-bond donors (Lipinski definition) is 0. The molecule has 0 spiro atoms. The summed E-state index contributed by atoms with van der Waals surface area (Å²) in [6, 6.07) is 72.2. The summed E-state index contributed by atoms with van der Waals surface area (Å²) in [6.45, 7) is 0. The third-order valence-corrected chi connectivity index (χ3v) is 12.1. The molecule has 11 aromatic rings. The van der Waals surface area contributed by atoms with Gasteiger partial charge in [-0.25, -0.2) is 0 Å². The van der Waals surface area contributed by atoms with Crippen LogP contribution in [0.4, 0.5) is 17.1 Å².